The van der Waals surface area contributed by atoms with Crippen LogP contribution in [0.1, 0.15) is 24.4 Å². The molecule has 1 heterocycles. The highest BCUT2D eigenvalue weighted by Crippen LogP contribution is 2.18. The highest BCUT2D eigenvalue weighted by molar-refractivity contribution is 7.92. The second-order valence-corrected chi connectivity index (χ2v) is 6.01. The van der Waals surface area contributed by atoms with Crippen molar-refractivity contribution in [1.82, 2.24) is 15.5 Å². The van der Waals surface area contributed by atoms with Gasteiger partial charge < -0.3 is 9.84 Å². The van der Waals surface area contributed by atoms with Crippen LogP contribution >= 0.6 is 0 Å². The summed E-state index contributed by atoms with van der Waals surface area (Å²) in [4.78, 5) is 3.94. The SMILES string of the molecule is CNC(C)c1ccc(S(=O)(=O)Nc2nc(C)no2)cc1. The zero-order valence-corrected chi connectivity index (χ0v) is 12.2. The fraction of sp³-hybridized carbons (Fsp3) is 0.333. The number of anilines is 1. The van der Waals surface area contributed by atoms with Crippen molar-refractivity contribution in [3.8, 4) is 0 Å². The molecule has 0 aliphatic carbocycles. The lowest BCUT2D eigenvalue weighted by Gasteiger charge is -2.11. The standard InChI is InChI=1S/C12H16N4O3S/c1-8(13-3)10-4-6-11(7-5-10)20(17,18)16-12-14-9(2)15-19-12/h4-8,13H,1-3H3,(H,14,15,16). The van der Waals surface area contributed by atoms with Crippen LogP contribution in [0, 0.1) is 6.92 Å². The van der Waals surface area contributed by atoms with E-state index in [1.165, 1.54) is 12.1 Å². The molecule has 1 atom stereocenters. The first-order chi connectivity index (χ1) is 9.42. The Bertz CT molecular complexity index is 679. The Morgan fingerprint density at radius 3 is 2.40 bits per heavy atom. The van der Waals surface area contributed by atoms with Crippen molar-refractivity contribution >= 4 is 16.0 Å². The average Bonchev–Trinajstić information content (AvgIpc) is 2.82. The Balaban J connectivity index is 2.21. The van der Waals surface area contributed by atoms with E-state index in [-0.39, 0.29) is 17.0 Å². The summed E-state index contributed by atoms with van der Waals surface area (Å²) in [5.41, 5.74) is 1.00. The highest BCUT2D eigenvalue weighted by Gasteiger charge is 2.17. The number of nitrogens with zero attached hydrogens (tertiary/aromatic N) is 2. The first-order valence-corrected chi connectivity index (χ1v) is 7.51. The second-order valence-electron chi connectivity index (χ2n) is 4.33. The van der Waals surface area contributed by atoms with Gasteiger partial charge in [0.05, 0.1) is 4.90 Å². The third kappa shape index (κ3) is 3.14. The molecule has 20 heavy (non-hydrogen) atoms. The number of hydrogen-bond acceptors (Lipinski definition) is 6. The first kappa shape index (κ1) is 14.5. The molecule has 2 aromatic rings. The van der Waals surface area contributed by atoms with Crippen molar-refractivity contribution in [3.05, 3.63) is 35.7 Å². The minimum atomic E-state index is -3.72. The molecule has 2 rings (SSSR count). The Kier molecular flexibility index (Phi) is 4.05. The molecular formula is C12H16N4O3S. The van der Waals surface area contributed by atoms with Gasteiger partial charge in [0.25, 0.3) is 10.0 Å². The van der Waals surface area contributed by atoms with E-state index in [0.29, 0.717) is 5.82 Å². The summed E-state index contributed by atoms with van der Waals surface area (Å²) in [5.74, 6) is 0.362. The molecule has 0 fully saturated rings. The van der Waals surface area contributed by atoms with Crippen LogP contribution in [-0.4, -0.2) is 25.6 Å². The maximum absolute atomic E-state index is 12.1. The molecule has 7 nitrogen and oxygen atoms in total. The molecule has 0 bridgehead atoms. The Morgan fingerprint density at radius 2 is 1.90 bits per heavy atom. The van der Waals surface area contributed by atoms with Crippen molar-refractivity contribution in [3.63, 3.8) is 0 Å². The topological polar surface area (TPSA) is 97.1 Å². The van der Waals surface area contributed by atoms with Crippen molar-refractivity contribution in [1.29, 1.82) is 0 Å². The molecule has 8 heteroatoms. The van der Waals surface area contributed by atoms with E-state index < -0.39 is 10.0 Å². The lowest BCUT2D eigenvalue weighted by atomic mass is 10.1. The van der Waals surface area contributed by atoms with Crippen molar-refractivity contribution < 1.29 is 12.9 Å². The average molecular weight is 296 g/mol. The van der Waals surface area contributed by atoms with Crippen molar-refractivity contribution in [2.45, 2.75) is 24.8 Å². The molecule has 0 spiro atoms. The number of benzene rings is 1. The quantitative estimate of drug-likeness (QED) is 0.867. The fourth-order valence-corrected chi connectivity index (χ4v) is 2.54. The second kappa shape index (κ2) is 5.59. The van der Waals surface area contributed by atoms with E-state index in [4.69, 9.17) is 4.52 Å². The number of aromatic nitrogens is 2. The summed E-state index contributed by atoms with van der Waals surface area (Å²) in [6, 6.07) is 6.60. The number of nitrogens with one attached hydrogen (secondary N) is 2. The molecule has 0 saturated heterocycles. The Hall–Kier alpha value is -1.93. The highest BCUT2D eigenvalue weighted by atomic mass is 32.2. The van der Waals surface area contributed by atoms with E-state index in [1.807, 2.05) is 14.0 Å². The summed E-state index contributed by atoms with van der Waals surface area (Å²) in [7, 11) is -1.87. The van der Waals surface area contributed by atoms with E-state index in [2.05, 4.69) is 20.2 Å². The zero-order valence-electron chi connectivity index (χ0n) is 11.4. The van der Waals surface area contributed by atoms with Crippen LogP contribution in [0.3, 0.4) is 0 Å². The number of aryl methyl sites for hydroxylation is 1. The van der Waals surface area contributed by atoms with Crippen LogP contribution in [0.2, 0.25) is 0 Å². The summed E-state index contributed by atoms with van der Waals surface area (Å²) in [6.45, 7) is 3.60. The minimum Gasteiger partial charge on any atom is -0.314 e. The van der Waals surface area contributed by atoms with Crippen molar-refractivity contribution in [2.75, 3.05) is 11.8 Å². The first-order valence-electron chi connectivity index (χ1n) is 6.03. The zero-order chi connectivity index (χ0) is 14.8. The molecule has 0 amide bonds. The van der Waals surface area contributed by atoms with Crippen LogP contribution in [-0.2, 0) is 10.0 Å². The van der Waals surface area contributed by atoms with E-state index in [9.17, 15) is 8.42 Å². The van der Waals surface area contributed by atoms with Gasteiger partial charge in [0.2, 0.25) is 0 Å². The largest absolute Gasteiger partial charge is 0.335 e. The van der Waals surface area contributed by atoms with E-state index in [1.54, 1.807) is 19.1 Å². The number of rotatable bonds is 5. The van der Waals surface area contributed by atoms with Crippen LogP contribution in [0.4, 0.5) is 6.01 Å². The minimum absolute atomic E-state index is 0.139. The maximum atomic E-state index is 12.1. The van der Waals surface area contributed by atoms with Gasteiger partial charge in [-0.3, -0.25) is 0 Å². The van der Waals surface area contributed by atoms with E-state index in [0.717, 1.165) is 5.56 Å². The monoisotopic (exact) mass is 296 g/mol. The molecule has 1 unspecified atom stereocenters. The summed E-state index contributed by atoms with van der Waals surface area (Å²) in [5, 5.41) is 6.61. The molecule has 0 aliphatic heterocycles. The molecule has 1 aromatic carbocycles. The molecule has 108 valence electrons. The third-order valence-electron chi connectivity index (χ3n) is 2.87. The van der Waals surface area contributed by atoms with Gasteiger partial charge in [0.15, 0.2) is 5.82 Å². The Morgan fingerprint density at radius 1 is 1.25 bits per heavy atom. The summed E-state index contributed by atoms with van der Waals surface area (Å²) < 4.78 is 31.2. The van der Waals surface area contributed by atoms with Crippen LogP contribution in [0.25, 0.3) is 0 Å². The smallest absolute Gasteiger partial charge is 0.314 e. The van der Waals surface area contributed by atoms with Gasteiger partial charge in [-0.05, 0) is 38.6 Å². The molecule has 1 aromatic heterocycles. The fourth-order valence-electron chi connectivity index (χ4n) is 1.61. The normalized spacial score (nSPS) is 13.2. The lowest BCUT2D eigenvalue weighted by Crippen LogP contribution is -2.15. The predicted octanol–water partition coefficient (Wildman–Crippen LogP) is 1.46. The summed E-state index contributed by atoms with van der Waals surface area (Å²) >= 11 is 0. The maximum Gasteiger partial charge on any atom is 0.335 e. The van der Waals surface area contributed by atoms with Gasteiger partial charge in [-0.15, -0.1) is 0 Å². The van der Waals surface area contributed by atoms with E-state index >= 15 is 0 Å². The van der Waals surface area contributed by atoms with Gasteiger partial charge in [-0.25, -0.2) is 13.1 Å². The molecule has 2 N–H and O–H groups in total. The van der Waals surface area contributed by atoms with Gasteiger partial charge in [-0.1, -0.05) is 17.3 Å². The van der Waals surface area contributed by atoms with Gasteiger partial charge >= 0.3 is 6.01 Å². The van der Waals surface area contributed by atoms with Gasteiger partial charge in [0.1, 0.15) is 0 Å². The predicted molar refractivity (Wildman–Crippen MR) is 73.8 cm³/mol. The third-order valence-corrected chi connectivity index (χ3v) is 4.21. The number of hydrogen-bond donors (Lipinski definition) is 2. The molecule has 0 saturated carbocycles. The molecular weight excluding hydrogens is 280 g/mol. The van der Waals surface area contributed by atoms with Crippen LogP contribution in [0.5, 0.6) is 0 Å². The van der Waals surface area contributed by atoms with Gasteiger partial charge in [-0.2, -0.15) is 4.98 Å². The van der Waals surface area contributed by atoms with Crippen molar-refractivity contribution in [2.24, 2.45) is 0 Å². The van der Waals surface area contributed by atoms with Crippen LogP contribution < -0.4 is 10.0 Å². The number of sulfonamides is 1. The lowest BCUT2D eigenvalue weighted by molar-refractivity contribution is 0.429. The molecule has 0 radical (unpaired) electrons. The van der Waals surface area contributed by atoms with Crippen LogP contribution in [0.15, 0.2) is 33.7 Å². The van der Waals surface area contributed by atoms with Gasteiger partial charge in [0, 0.05) is 6.04 Å². The Labute approximate surface area is 117 Å². The molecule has 0 aliphatic rings. The summed E-state index contributed by atoms with van der Waals surface area (Å²) in [6.07, 6.45) is 0.